The van der Waals surface area contributed by atoms with E-state index in [4.69, 9.17) is 4.74 Å². The van der Waals surface area contributed by atoms with E-state index in [0.29, 0.717) is 10.4 Å². The number of halogens is 3. The highest BCUT2D eigenvalue weighted by Gasteiger charge is 2.41. The van der Waals surface area contributed by atoms with Crippen LogP contribution in [0.3, 0.4) is 0 Å². The van der Waals surface area contributed by atoms with Crippen LogP contribution in [0.15, 0.2) is 54.7 Å². The van der Waals surface area contributed by atoms with E-state index in [0.717, 1.165) is 17.3 Å². The fraction of sp³-hybridized carbons (Fsp3) is 0.190. The van der Waals surface area contributed by atoms with Gasteiger partial charge in [-0.1, -0.05) is 35.4 Å². The largest absolute Gasteiger partial charge is 0.452 e. The van der Waals surface area contributed by atoms with E-state index in [2.05, 4.69) is 10.4 Å². The van der Waals surface area contributed by atoms with Crippen molar-refractivity contribution in [1.29, 1.82) is 0 Å². The zero-order valence-corrected chi connectivity index (χ0v) is 16.2. The normalized spacial score (nSPS) is 11.2. The number of benzene rings is 2. The summed E-state index contributed by atoms with van der Waals surface area (Å²) in [6, 6.07) is 13.0. The molecule has 9 heteroatoms. The summed E-state index contributed by atoms with van der Waals surface area (Å²) in [5, 5.41) is 6.20. The van der Waals surface area contributed by atoms with Gasteiger partial charge in [0.1, 0.15) is 5.56 Å². The molecule has 0 saturated heterocycles. The number of carbonyl (C=O) groups excluding carboxylic acids is 2. The highest BCUT2D eigenvalue weighted by Crippen LogP contribution is 2.34. The fourth-order valence-electron chi connectivity index (χ4n) is 2.70. The van der Waals surface area contributed by atoms with Gasteiger partial charge in [-0.2, -0.15) is 18.3 Å². The van der Waals surface area contributed by atoms with Crippen molar-refractivity contribution in [2.75, 3.05) is 11.9 Å². The van der Waals surface area contributed by atoms with Crippen molar-refractivity contribution in [3.05, 3.63) is 77.1 Å². The van der Waals surface area contributed by atoms with Crippen LogP contribution in [-0.4, -0.2) is 28.3 Å². The SMILES string of the molecule is Cc1ccc(NC(=O)COC(=O)c2cnn(-c3ccc(C)cc3)c2C(F)(F)F)cc1. The average Bonchev–Trinajstić information content (AvgIpc) is 3.14. The minimum absolute atomic E-state index is 0.143. The summed E-state index contributed by atoms with van der Waals surface area (Å²) in [4.78, 5) is 24.2. The van der Waals surface area contributed by atoms with Gasteiger partial charge in [0.25, 0.3) is 5.91 Å². The number of nitrogens with one attached hydrogen (secondary N) is 1. The molecule has 1 N–H and O–H groups in total. The van der Waals surface area contributed by atoms with E-state index in [-0.39, 0.29) is 5.69 Å². The van der Waals surface area contributed by atoms with Crippen molar-refractivity contribution in [3.8, 4) is 5.69 Å². The molecule has 0 aliphatic rings. The maximum atomic E-state index is 13.6. The zero-order chi connectivity index (χ0) is 21.9. The number of aryl methyl sites for hydroxylation is 2. The summed E-state index contributed by atoms with van der Waals surface area (Å²) in [5.74, 6) is -1.97. The average molecular weight is 417 g/mol. The number of esters is 1. The van der Waals surface area contributed by atoms with Crippen LogP contribution in [0.5, 0.6) is 0 Å². The summed E-state index contributed by atoms with van der Waals surface area (Å²) >= 11 is 0. The molecule has 0 bridgehead atoms. The Kier molecular flexibility index (Phi) is 5.91. The van der Waals surface area contributed by atoms with Crippen LogP contribution in [0.2, 0.25) is 0 Å². The Morgan fingerprint density at radius 1 is 1.00 bits per heavy atom. The van der Waals surface area contributed by atoms with E-state index in [1.165, 1.54) is 12.1 Å². The van der Waals surface area contributed by atoms with Crippen LogP contribution in [0.25, 0.3) is 5.69 Å². The monoisotopic (exact) mass is 417 g/mol. The van der Waals surface area contributed by atoms with Crippen LogP contribution in [0.1, 0.15) is 27.2 Å². The second kappa shape index (κ2) is 8.40. The van der Waals surface area contributed by atoms with E-state index >= 15 is 0 Å². The first-order valence-corrected chi connectivity index (χ1v) is 8.91. The molecule has 1 heterocycles. The lowest BCUT2D eigenvalue weighted by Gasteiger charge is -2.13. The summed E-state index contributed by atoms with van der Waals surface area (Å²) in [6.45, 7) is 2.93. The molecule has 0 radical (unpaired) electrons. The molecule has 3 rings (SSSR count). The van der Waals surface area contributed by atoms with Gasteiger partial charge in [-0.3, -0.25) is 4.79 Å². The lowest BCUT2D eigenvalue weighted by Crippen LogP contribution is -2.23. The Labute approximate surface area is 170 Å². The van der Waals surface area contributed by atoms with Crippen molar-refractivity contribution in [3.63, 3.8) is 0 Å². The predicted octanol–water partition coefficient (Wildman–Crippen LogP) is 4.30. The Balaban J connectivity index is 1.76. The van der Waals surface area contributed by atoms with Crippen LogP contribution in [0, 0.1) is 13.8 Å². The number of aromatic nitrogens is 2. The second-order valence-electron chi connectivity index (χ2n) is 6.64. The highest BCUT2D eigenvalue weighted by molar-refractivity contribution is 5.96. The van der Waals surface area contributed by atoms with Crippen molar-refractivity contribution >= 4 is 17.6 Å². The molecule has 0 saturated carbocycles. The third kappa shape index (κ3) is 4.86. The van der Waals surface area contributed by atoms with Crippen molar-refractivity contribution in [2.45, 2.75) is 20.0 Å². The molecule has 0 atom stereocenters. The number of ether oxygens (including phenoxy) is 1. The van der Waals surface area contributed by atoms with Crippen molar-refractivity contribution in [1.82, 2.24) is 9.78 Å². The third-order valence-electron chi connectivity index (χ3n) is 4.21. The second-order valence-corrected chi connectivity index (χ2v) is 6.64. The molecule has 3 aromatic rings. The van der Waals surface area contributed by atoms with Crippen LogP contribution in [-0.2, 0) is 15.7 Å². The first kappa shape index (κ1) is 21.1. The fourth-order valence-corrected chi connectivity index (χ4v) is 2.70. The van der Waals surface area contributed by atoms with E-state index < -0.39 is 35.9 Å². The lowest BCUT2D eigenvalue weighted by atomic mass is 10.2. The first-order valence-electron chi connectivity index (χ1n) is 8.91. The number of alkyl halides is 3. The highest BCUT2D eigenvalue weighted by atomic mass is 19.4. The minimum Gasteiger partial charge on any atom is -0.452 e. The van der Waals surface area contributed by atoms with Crippen molar-refractivity contribution < 1.29 is 27.5 Å². The van der Waals surface area contributed by atoms with Gasteiger partial charge in [0, 0.05) is 5.69 Å². The molecule has 1 amide bonds. The molecule has 1 aromatic heterocycles. The molecule has 0 aliphatic heterocycles. The van der Waals surface area contributed by atoms with E-state index in [1.807, 2.05) is 6.92 Å². The number of hydrogen-bond acceptors (Lipinski definition) is 4. The predicted molar refractivity (Wildman–Crippen MR) is 103 cm³/mol. The molecule has 0 aliphatic carbocycles. The minimum atomic E-state index is -4.86. The Morgan fingerprint density at radius 3 is 2.13 bits per heavy atom. The van der Waals surface area contributed by atoms with E-state index in [1.54, 1.807) is 43.3 Å². The van der Waals surface area contributed by atoms with Crippen LogP contribution in [0.4, 0.5) is 18.9 Å². The summed E-state index contributed by atoms with van der Waals surface area (Å²) in [5.41, 5.74) is 0.429. The van der Waals surface area contributed by atoms with Gasteiger partial charge in [0.05, 0.1) is 11.9 Å². The number of hydrogen-bond donors (Lipinski definition) is 1. The van der Waals surface area contributed by atoms with Gasteiger partial charge in [-0.05, 0) is 38.1 Å². The van der Waals surface area contributed by atoms with Gasteiger partial charge in [0.15, 0.2) is 12.3 Å². The lowest BCUT2D eigenvalue weighted by molar-refractivity contribution is -0.143. The zero-order valence-electron chi connectivity index (χ0n) is 16.2. The van der Waals surface area contributed by atoms with Crippen LogP contribution >= 0.6 is 0 Å². The Bertz CT molecular complexity index is 1060. The molecular weight excluding hydrogens is 399 g/mol. The molecule has 156 valence electrons. The smallest absolute Gasteiger partial charge is 0.434 e. The molecule has 6 nitrogen and oxygen atoms in total. The van der Waals surface area contributed by atoms with Crippen LogP contribution < -0.4 is 5.32 Å². The van der Waals surface area contributed by atoms with Gasteiger partial charge in [0.2, 0.25) is 0 Å². The summed E-state index contributed by atoms with van der Waals surface area (Å²) in [7, 11) is 0. The third-order valence-corrected chi connectivity index (χ3v) is 4.21. The molecule has 0 fully saturated rings. The molecule has 2 aromatic carbocycles. The van der Waals surface area contributed by atoms with Gasteiger partial charge in [-0.25, -0.2) is 9.48 Å². The van der Waals surface area contributed by atoms with Gasteiger partial charge in [-0.15, -0.1) is 0 Å². The number of nitrogens with zero attached hydrogens (tertiary/aromatic N) is 2. The topological polar surface area (TPSA) is 73.2 Å². The Morgan fingerprint density at radius 2 is 1.57 bits per heavy atom. The van der Waals surface area contributed by atoms with Gasteiger partial charge < -0.3 is 10.1 Å². The molecular formula is C21H18F3N3O3. The van der Waals surface area contributed by atoms with Gasteiger partial charge >= 0.3 is 12.1 Å². The summed E-state index contributed by atoms with van der Waals surface area (Å²) in [6.07, 6.45) is -4.08. The number of anilines is 1. The van der Waals surface area contributed by atoms with Crippen molar-refractivity contribution in [2.24, 2.45) is 0 Å². The standard InChI is InChI=1S/C21H18F3N3O3/c1-13-3-7-15(8-4-13)26-18(28)12-30-20(29)17-11-25-27(19(17)21(22,23)24)16-9-5-14(2)6-10-16/h3-11H,12H2,1-2H3,(H,26,28). The van der Waals surface area contributed by atoms with E-state index in [9.17, 15) is 22.8 Å². The molecule has 0 spiro atoms. The summed E-state index contributed by atoms with van der Waals surface area (Å²) < 4.78 is 46.3. The Hall–Kier alpha value is -3.62. The maximum absolute atomic E-state index is 13.6. The molecule has 30 heavy (non-hydrogen) atoms. The number of amides is 1. The maximum Gasteiger partial charge on any atom is 0.434 e. The molecule has 0 unspecified atom stereocenters. The number of rotatable bonds is 5. The first-order chi connectivity index (χ1) is 14.1. The quantitative estimate of drug-likeness (QED) is 0.628. The number of carbonyl (C=O) groups is 2.